The highest BCUT2D eigenvalue weighted by atomic mass is 16.5. The van der Waals surface area contributed by atoms with Crippen LogP contribution in [0.3, 0.4) is 0 Å². The van der Waals surface area contributed by atoms with Crippen LogP contribution in [0.15, 0.2) is 31.0 Å². The maximum Gasteiger partial charge on any atom is 0.324 e. The van der Waals surface area contributed by atoms with E-state index in [1.54, 1.807) is 0 Å². The van der Waals surface area contributed by atoms with Crippen molar-refractivity contribution in [3.8, 4) is 0 Å². The molecule has 3 saturated carbocycles. The zero-order chi connectivity index (χ0) is 19.6. The number of fused-ring (bicyclic) bond motifs is 2. The molecule has 0 aromatic heterocycles. The summed E-state index contributed by atoms with van der Waals surface area (Å²) in [5.41, 5.74) is 4.82. The maximum absolute atomic E-state index is 6.50. The third kappa shape index (κ3) is 3.18. The van der Waals surface area contributed by atoms with E-state index in [1.165, 1.54) is 35.9 Å². The number of rotatable bonds is 4. The van der Waals surface area contributed by atoms with Crippen LogP contribution in [0.1, 0.15) is 65.0 Å². The van der Waals surface area contributed by atoms with E-state index >= 15 is 0 Å². The summed E-state index contributed by atoms with van der Waals surface area (Å²) in [5, 5.41) is 0. The lowest BCUT2D eigenvalue weighted by Crippen LogP contribution is -2.47. The third-order valence-corrected chi connectivity index (χ3v) is 7.61. The summed E-state index contributed by atoms with van der Waals surface area (Å²) in [7, 11) is 0. The van der Waals surface area contributed by atoms with Crippen molar-refractivity contribution in [2.45, 2.75) is 72.3 Å². The molecule has 1 aromatic rings. The van der Waals surface area contributed by atoms with Crippen molar-refractivity contribution < 1.29 is 4.65 Å². The Balaban J connectivity index is 1.56. The van der Waals surface area contributed by atoms with E-state index < -0.39 is 0 Å². The Morgan fingerprint density at radius 1 is 1.11 bits per heavy atom. The molecule has 0 amide bonds. The van der Waals surface area contributed by atoms with Crippen LogP contribution in [0.4, 0.5) is 0 Å². The van der Waals surface area contributed by atoms with Gasteiger partial charge in [-0.2, -0.15) is 0 Å². The molecule has 3 aliphatic carbocycles. The molecule has 1 atom stereocenters. The van der Waals surface area contributed by atoms with Gasteiger partial charge >= 0.3 is 6.92 Å². The fraction of sp³-hybridized carbons (Fsp3) is 0.583. The summed E-state index contributed by atoms with van der Waals surface area (Å²) in [6.07, 6.45) is 8.69. The highest BCUT2D eigenvalue weighted by Gasteiger charge is 2.47. The second-order valence-corrected chi connectivity index (χ2v) is 10.4. The average molecular weight is 363 g/mol. The molecule has 144 valence electrons. The first kappa shape index (κ1) is 18.9. The Hall–Kier alpha value is -1.48. The Kier molecular flexibility index (Phi) is 4.38. The predicted molar refractivity (Wildman–Crippen MR) is 117 cm³/mol. The molecule has 1 aliphatic heterocycles. The van der Waals surface area contributed by atoms with Gasteiger partial charge in [0.25, 0.3) is 0 Å². The van der Waals surface area contributed by atoms with Crippen molar-refractivity contribution >= 4 is 24.2 Å². The van der Waals surface area contributed by atoms with Crippen molar-refractivity contribution in [2.24, 2.45) is 17.3 Å². The van der Waals surface area contributed by atoms with Gasteiger partial charge in [-0.3, -0.25) is 0 Å². The molecule has 0 radical (unpaired) electrons. The minimum absolute atomic E-state index is 0.0518. The van der Waals surface area contributed by atoms with Gasteiger partial charge in [-0.25, -0.2) is 0 Å². The van der Waals surface area contributed by atoms with Gasteiger partial charge in [0.1, 0.15) is 0 Å². The van der Waals surface area contributed by atoms with Gasteiger partial charge in [-0.1, -0.05) is 52.4 Å². The van der Waals surface area contributed by atoms with E-state index in [0.717, 1.165) is 17.5 Å². The van der Waals surface area contributed by atoms with Gasteiger partial charge in [-0.15, -0.1) is 0 Å². The minimum Gasteiger partial charge on any atom is -0.426 e. The van der Waals surface area contributed by atoms with Crippen LogP contribution in [0, 0.1) is 17.3 Å². The molecule has 2 nitrogen and oxygen atoms in total. The summed E-state index contributed by atoms with van der Waals surface area (Å²) in [5.74, 6) is 1.83. The van der Waals surface area contributed by atoms with Crippen molar-refractivity contribution in [2.75, 3.05) is 0 Å². The summed E-state index contributed by atoms with van der Waals surface area (Å²) in [6.45, 7) is 17.8. The zero-order valence-corrected chi connectivity index (χ0v) is 17.9. The lowest BCUT2D eigenvalue weighted by molar-refractivity contribution is 0.000449. The molecule has 3 fully saturated rings. The maximum atomic E-state index is 6.50. The van der Waals surface area contributed by atoms with E-state index in [0.29, 0.717) is 6.04 Å². The van der Waals surface area contributed by atoms with Crippen molar-refractivity contribution in [1.29, 1.82) is 0 Å². The molecule has 5 rings (SSSR count). The zero-order valence-electron chi connectivity index (χ0n) is 17.9. The molecule has 0 N–H and O–H groups in total. The molecule has 1 unspecified atom stereocenters. The molecular formula is C24H34BNO. The summed E-state index contributed by atoms with van der Waals surface area (Å²) in [4.78, 5) is 2.45. The monoisotopic (exact) mass is 363 g/mol. The molecule has 3 heteroatoms. The van der Waals surface area contributed by atoms with Crippen LogP contribution in [0.2, 0.25) is 6.82 Å². The number of benzene rings is 1. The van der Waals surface area contributed by atoms with Crippen LogP contribution in [0.5, 0.6) is 0 Å². The van der Waals surface area contributed by atoms with Gasteiger partial charge in [-0.05, 0) is 67.5 Å². The topological polar surface area (TPSA) is 12.5 Å². The number of nitrogens with zero attached hydrogens (tertiary/aromatic N) is 1. The van der Waals surface area contributed by atoms with E-state index in [2.05, 4.69) is 83.4 Å². The van der Waals surface area contributed by atoms with E-state index in [1.807, 2.05) is 0 Å². The molecule has 1 heterocycles. The second-order valence-electron chi connectivity index (χ2n) is 10.4. The normalized spacial score (nSPS) is 26.8. The highest BCUT2D eigenvalue weighted by Crippen LogP contribution is 2.52. The summed E-state index contributed by atoms with van der Waals surface area (Å²) >= 11 is 0. The van der Waals surface area contributed by atoms with Crippen molar-refractivity contribution in [3.63, 3.8) is 0 Å². The Morgan fingerprint density at radius 3 is 2.41 bits per heavy atom. The summed E-state index contributed by atoms with van der Waals surface area (Å²) < 4.78 is 6.50. The van der Waals surface area contributed by atoms with Gasteiger partial charge in [0.05, 0.1) is 5.60 Å². The predicted octanol–water partition coefficient (Wildman–Crippen LogP) is 5.41. The number of hydrogen-bond acceptors (Lipinski definition) is 2. The number of hydrogen-bond donors (Lipinski definition) is 0. The summed E-state index contributed by atoms with van der Waals surface area (Å²) in [6, 6.07) is 7.39. The second kappa shape index (κ2) is 6.27. The minimum atomic E-state index is -0.198. The SMILES string of the molecule is C=C1c2cc(B(C)OC(C)(C)C(C)(C)C)ccc2C=CN1C1CC2CC1C2. The van der Waals surface area contributed by atoms with Crippen LogP contribution < -0.4 is 5.46 Å². The Bertz CT molecular complexity index is 782. The molecule has 0 spiro atoms. The first-order chi connectivity index (χ1) is 12.6. The van der Waals surface area contributed by atoms with Gasteiger partial charge < -0.3 is 9.55 Å². The fourth-order valence-corrected chi connectivity index (χ4v) is 4.78. The first-order valence-electron chi connectivity index (χ1n) is 10.5. The van der Waals surface area contributed by atoms with E-state index in [-0.39, 0.29) is 17.9 Å². The molecule has 1 aromatic carbocycles. The van der Waals surface area contributed by atoms with Crippen LogP contribution in [-0.2, 0) is 4.65 Å². The van der Waals surface area contributed by atoms with Gasteiger partial charge in [0, 0.05) is 23.5 Å². The molecule has 0 saturated heterocycles. The van der Waals surface area contributed by atoms with Crippen molar-refractivity contribution in [3.05, 3.63) is 42.1 Å². The molecule has 4 aliphatic rings. The standard InChI is InChI=1S/C24H34BNO/c1-16-21-15-20(25(7)27-24(5,6)23(2,3)4)9-8-18(21)10-11-26(16)22-14-17-12-19(22)13-17/h8-11,15,17,19,22H,1,12-14H2,2-7H3. The first-order valence-corrected chi connectivity index (χ1v) is 10.5. The average Bonchev–Trinajstić information content (AvgIpc) is 3.13. The van der Waals surface area contributed by atoms with Crippen molar-refractivity contribution in [1.82, 2.24) is 4.90 Å². The Labute approximate surface area is 165 Å². The fourth-order valence-electron chi connectivity index (χ4n) is 4.78. The molecule has 27 heavy (non-hydrogen) atoms. The third-order valence-electron chi connectivity index (χ3n) is 7.61. The van der Waals surface area contributed by atoms with Gasteiger partial charge in [0.15, 0.2) is 0 Å². The van der Waals surface area contributed by atoms with E-state index in [9.17, 15) is 0 Å². The van der Waals surface area contributed by atoms with E-state index in [4.69, 9.17) is 4.65 Å². The largest absolute Gasteiger partial charge is 0.426 e. The van der Waals surface area contributed by atoms with Crippen LogP contribution in [0.25, 0.3) is 11.8 Å². The smallest absolute Gasteiger partial charge is 0.324 e. The van der Waals surface area contributed by atoms with Crippen LogP contribution >= 0.6 is 0 Å². The van der Waals surface area contributed by atoms with Gasteiger partial charge in [0.2, 0.25) is 0 Å². The lowest BCUT2D eigenvalue weighted by Gasteiger charge is -2.41. The molecular weight excluding hydrogens is 329 g/mol. The van der Waals surface area contributed by atoms with Crippen LogP contribution in [-0.4, -0.2) is 23.5 Å². The lowest BCUT2D eigenvalue weighted by atomic mass is 9.61. The highest BCUT2D eigenvalue weighted by molar-refractivity contribution is 6.66. The Morgan fingerprint density at radius 2 is 1.81 bits per heavy atom. The quantitative estimate of drug-likeness (QED) is 0.663. The molecule has 2 bridgehead atoms.